The molecule has 0 radical (unpaired) electrons. The van der Waals surface area contributed by atoms with Gasteiger partial charge in [0, 0.05) is 0 Å². The average Bonchev–Trinajstić information content (AvgIpc) is 2.88. The fraction of sp³-hybridized carbons (Fsp3) is 0.276. The molecule has 1 atom stereocenters. The number of carbonyl (C=O) groups is 2. The summed E-state index contributed by atoms with van der Waals surface area (Å²) in [7, 11) is 0. The SMILES string of the molecule is CCCC(C(=O)OCC)C(C(=O)OCC)=P(c1ccccc1)(c1ccccc1)c1ccccc1. The van der Waals surface area contributed by atoms with Crippen LogP contribution in [0.5, 0.6) is 0 Å². The van der Waals surface area contributed by atoms with Crippen LogP contribution >= 0.6 is 6.89 Å². The fourth-order valence-corrected chi connectivity index (χ4v) is 9.06. The maximum absolute atomic E-state index is 13.9. The van der Waals surface area contributed by atoms with Crippen molar-refractivity contribution in [3.8, 4) is 0 Å². The highest BCUT2D eigenvalue weighted by atomic mass is 31.2. The Balaban J connectivity index is 2.62. The molecule has 3 aromatic rings. The Hall–Kier alpha value is -3.10. The van der Waals surface area contributed by atoms with Gasteiger partial charge in [-0.05, 0) is 43.1 Å². The summed E-state index contributed by atoms with van der Waals surface area (Å²) < 4.78 is 11.2. The van der Waals surface area contributed by atoms with Crippen LogP contribution in [0.1, 0.15) is 33.6 Å². The van der Waals surface area contributed by atoms with Crippen LogP contribution in [-0.2, 0) is 19.1 Å². The Morgan fingerprint density at radius 2 is 1.09 bits per heavy atom. The molecule has 0 bridgehead atoms. The Kier molecular flexibility index (Phi) is 9.30. The van der Waals surface area contributed by atoms with Gasteiger partial charge in [0.15, 0.2) is 0 Å². The van der Waals surface area contributed by atoms with Crippen LogP contribution < -0.4 is 15.9 Å². The standard InChI is InChI=1S/C29H33O4P/c1-4-16-26(28(30)32-5-2)27(29(31)33-6-3)34(23-17-10-7-11-18-23,24-19-12-8-13-20-24)25-21-14-9-15-22-25/h7-15,17-22,26H,4-6,16H2,1-3H3. The van der Waals surface area contributed by atoms with E-state index >= 15 is 0 Å². The molecule has 0 aliphatic rings. The highest BCUT2D eigenvalue weighted by Crippen LogP contribution is 2.48. The highest BCUT2D eigenvalue weighted by Gasteiger charge is 2.40. The molecule has 0 aromatic heterocycles. The van der Waals surface area contributed by atoms with E-state index < -0.39 is 18.8 Å². The van der Waals surface area contributed by atoms with Crippen LogP contribution in [0.4, 0.5) is 0 Å². The molecule has 3 aromatic carbocycles. The van der Waals surface area contributed by atoms with Gasteiger partial charge in [0.2, 0.25) is 0 Å². The van der Waals surface area contributed by atoms with Crippen molar-refractivity contribution in [3.05, 3.63) is 91.0 Å². The molecule has 0 saturated carbocycles. The van der Waals surface area contributed by atoms with Crippen molar-refractivity contribution in [2.45, 2.75) is 33.6 Å². The lowest BCUT2D eigenvalue weighted by Gasteiger charge is -2.34. The van der Waals surface area contributed by atoms with E-state index in [1.165, 1.54) is 0 Å². The van der Waals surface area contributed by atoms with Gasteiger partial charge in [0.05, 0.1) is 24.4 Å². The first-order valence-electron chi connectivity index (χ1n) is 11.9. The summed E-state index contributed by atoms with van der Waals surface area (Å²) in [6, 6.07) is 30.1. The third-order valence-corrected chi connectivity index (χ3v) is 10.2. The second-order valence-electron chi connectivity index (χ2n) is 7.88. The summed E-state index contributed by atoms with van der Waals surface area (Å²) in [6.07, 6.45) is 1.23. The smallest absolute Gasteiger partial charge is 0.335 e. The van der Waals surface area contributed by atoms with E-state index in [9.17, 15) is 9.59 Å². The van der Waals surface area contributed by atoms with E-state index in [0.717, 1.165) is 22.3 Å². The lowest BCUT2D eigenvalue weighted by molar-refractivity contribution is -0.147. The van der Waals surface area contributed by atoms with E-state index in [1.54, 1.807) is 13.8 Å². The van der Waals surface area contributed by atoms with Crippen molar-refractivity contribution < 1.29 is 19.1 Å². The third kappa shape index (κ3) is 5.18. The van der Waals surface area contributed by atoms with Gasteiger partial charge >= 0.3 is 11.9 Å². The van der Waals surface area contributed by atoms with Gasteiger partial charge in [-0.2, -0.15) is 0 Å². The molecule has 0 heterocycles. The number of esters is 2. The molecule has 178 valence electrons. The second-order valence-corrected chi connectivity index (χ2v) is 11.2. The molecule has 3 rings (SSSR count). The molecule has 1 unspecified atom stereocenters. The van der Waals surface area contributed by atoms with Gasteiger partial charge in [-0.1, -0.05) is 104 Å². The molecule has 0 saturated heterocycles. The van der Waals surface area contributed by atoms with Crippen molar-refractivity contribution >= 4 is 40.0 Å². The number of benzene rings is 3. The monoisotopic (exact) mass is 476 g/mol. The van der Waals surface area contributed by atoms with E-state index in [2.05, 4.69) is 36.4 Å². The molecule has 0 aliphatic carbocycles. The highest BCUT2D eigenvalue weighted by molar-refractivity contribution is 7.96. The predicted octanol–water partition coefficient (Wildman–Crippen LogP) is 4.70. The molecule has 34 heavy (non-hydrogen) atoms. The third-order valence-electron chi connectivity index (χ3n) is 5.75. The van der Waals surface area contributed by atoms with E-state index in [0.29, 0.717) is 11.7 Å². The number of rotatable bonds is 10. The lowest BCUT2D eigenvalue weighted by atomic mass is 10.00. The van der Waals surface area contributed by atoms with Crippen molar-refractivity contribution in [1.29, 1.82) is 0 Å². The number of carbonyl (C=O) groups excluding carboxylic acids is 2. The van der Waals surface area contributed by atoms with Crippen LogP contribution in [0, 0.1) is 5.92 Å². The van der Waals surface area contributed by atoms with Crippen molar-refractivity contribution in [2.75, 3.05) is 13.2 Å². The predicted molar refractivity (Wildman–Crippen MR) is 142 cm³/mol. The minimum atomic E-state index is -2.77. The van der Waals surface area contributed by atoms with Gasteiger partial charge in [0.1, 0.15) is 0 Å². The fourth-order valence-electron chi connectivity index (χ4n) is 4.43. The summed E-state index contributed by atoms with van der Waals surface area (Å²) in [5.41, 5.74) is 0. The van der Waals surface area contributed by atoms with Crippen LogP contribution in [0.3, 0.4) is 0 Å². The van der Waals surface area contributed by atoms with Gasteiger partial charge < -0.3 is 9.47 Å². The van der Waals surface area contributed by atoms with Crippen LogP contribution in [0.2, 0.25) is 0 Å². The Morgan fingerprint density at radius 3 is 1.44 bits per heavy atom. The largest absolute Gasteiger partial charge is 0.466 e. The van der Waals surface area contributed by atoms with Crippen LogP contribution in [0.15, 0.2) is 91.0 Å². The maximum atomic E-state index is 13.9. The molecule has 5 heteroatoms. The molecule has 0 aliphatic heterocycles. The Labute approximate surface area is 202 Å². The molecule has 0 fully saturated rings. The molecular formula is C29H33O4P. The minimum absolute atomic E-state index is 0.225. The molecule has 4 nitrogen and oxygen atoms in total. The first-order chi connectivity index (χ1) is 16.6. The number of hydrogen-bond acceptors (Lipinski definition) is 4. The van der Waals surface area contributed by atoms with Crippen molar-refractivity contribution in [1.82, 2.24) is 0 Å². The summed E-state index contributed by atoms with van der Waals surface area (Å²) >= 11 is 0. The van der Waals surface area contributed by atoms with Crippen molar-refractivity contribution in [2.24, 2.45) is 5.92 Å². The van der Waals surface area contributed by atoms with E-state index in [1.807, 2.05) is 61.5 Å². The topological polar surface area (TPSA) is 52.6 Å². The quantitative estimate of drug-likeness (QED) is 0.315. The second kappa shape index (κ2) is 12.4. The van der Waals surface area contributed by atoms with Gasteiger partial charge in [-0.15, -0.1) is 0 Å². The summed E-state index contributed by atoms with van der Waals surface area (Å²) in [5.74, 6) is -1.52. The van der Waals surface area contributed by atoms with Gasteiger partial charge in [-0.25, -0.2) is 4.79 Å². The minimum Gasteiger partial charge on any atom is -0.466 e. The molecular weight excluding hydrogens is 443 g/mol. The van der Waals surface area contributed by atoms with Crippen LogP contribution in [0.25, 0.3) is 0 Å². The Morgan fingerprint density at radius 1 is 0.676 bits per heavy atom. The first-order valence-corrected chi connectivity index (χ1v) is 13.7. The number of hydrogen-bond donors (Lipinski definition) is 0. The maximum Gasteiger partial charge on any atom is 0.335 e. The molecule has 0 spiro atoms. The van der Waals surface area contributed by atoms with E-state index in [-0.39, 0.29) is 19.2 Å². The van der Waals surface area contributed by atoms with Crippen molar-refractivity contribution in [3.63, 3.8) is 0 Å². The zero-order chi connectivity index (χ0) is 24.4. The van der Waals surface area contributed by atoms with Crippen LogP contribution in [-0.4, -0.2) is 30.4 Å². The Bertz CT molecular complexity index is 1020. The summed E-state index contributed by atoms with van der Waals surface area (Å²) in [6.45, 7) is 3.31. The van der Waals surface area contributed by atoms with Gasteiger partial charge in [0.25, 0.3) is 0 Å². The zero-order valence-corrected chi connectivity index (χ0v) is 21.0. The average molecular weight is 477 g/mol. The zero-order valence-electron chi connectivity index (χ0n) is 20.1. The summed E-state index contributed by atoms with van der Waals surface area (Å²) in [5, 5.41) is 3.50. The number of ether oxygens (including phenoxy) is 2. The lowest BCUT2D eigenvalue weighted by Crippen LogP contribution is -2.41. The molecule has 0 N–H and O–H groups in total. The molecule has 0 amide bonds. The summed E-state index contributed by atoms with van der Waals surface area (Å²) in [4.78, 5) is 27.3. The van der Waals surface area contributed by atoms with Gasteiger partial charge in [-0.3, -0.25) is 4.79 Å². The normalized spacial score (nSPS) is 12.0. The van der Waals surface area contributed by atoms with E-state index in [4.69, 9.17) is 9.47 Å². The first kappa shape index (κ1) is 25.5.